The molecular formula is C8H16O3. The minimum absolute atomic E-state index is 0.00199. The highest BCUT2D eigenvalue weighted by atomic mass is 16.6. The second-order valence-corrected chi connectivity index (χ2v) is 3.32. The number of epoxide rings is 1. The average Bonchev–Trinajstić information content (AvgIpc) is 2.66. The quantitative estimate of drug-likeness (QED) is 0.558. The molecule has 1 saturated heterocycles. The van der Waals surface area contributed by atoms with Crippen molar-refractivity contribution in [3.63, 3.8) is 0 Å². The summed E-state index contributed by atoms with van der Waals surface area (Å²) in [7, 11) is 1.68. The number of hydrogen-bond acceptors (Lipinski definition) is 3. The highest BCUT2D eigenvalue weighted by molar-refractivity contribution is 4.86. The van der Waals surface area contributed by atoms with Crippen LogP contribution in [0.5, 0.6) is 0 Å². The van der Waals surface area contributed by atoms with Crippen LogP contribution in [0.15, 0.2) is 0 Å². The van der Waals surface area contributed by atoms with Crippen LogP contribution in [-0.2, 0) is 14.2 Å². The van der Waals surface area contributed by atoms with Crippen molar-refractivity contribution >= 4 is 0 Å². The molecule has 66 valence electrons. The molecule has 0 aromatic heterocycles. The van der Waals surface area contributed by atoms with E-state index in [0.29, 0.717) is 13.2 Å². The standard InChI is InChI=1S/C8H16O3/c1-7(4-9-3)10-5-8(2)6-11-8/h7H,4-6H2,1-3H3. The van der Waals surface area contributed by atoms with Crippen LogP contribution in [0, 0.1) is 0 Å². The second kappa shape index (κ2) is 3.52. The molecule has 3 nitrogen and oxygen atoms in total. The van der Waals surface area contributed by atoms with Gasteiger partial charge in [-0.3, -0.25) is 0 Å². The SMILES string of the molecule is COCC(C)OCC1(C)CO1. The summed E-state index contributed by atoms with van der Waals surface area (Å²) in [5, 5.41) is 0. The van der Waals surface area contributed by atoms with Crippen molar-refractivity contribution in [1.29, 1.82) is 0 Å². The van der Waals surface area contributed by atoms with Crippen molar-refractivity contribution in [3.8, 4) is 0 Å². The Labute approximate surface area is 67.6 Å². The van der Waals surface area contributed by atoms with Gasteiger partial charge in [-0.2, -0.15) is 0 Å². The molecular weight excluding hydrogens is 144 g/mol. The van der Waals surface area contributed by atoms with Crippen molar-refractivity contribution < 1.29 is 14.2 Å². The molecule has 0 aliphatic carbocycles. The Morgan fingerprint density at radius 2 is 2.27 bits per heavy atom. The predicted octanol–water partition coefficient (Wildman–Crippen LogP) is 0.827. The summed E-state index contributed by atoms with van der Waals surface area (Å²) < 4.78 is 15.5. The minimum Gasteiger partial charge on any atom is -0.382 e. The summed E-state index contributed by atoms with van der Waals surface area (Å²) in [4.78, 5) is 0. The van der Waals surface area contributed by atoms with Gasteiger partial charge in [0.2, 0.25) is 0 Å². The van der Waals surface area contributed by atoms with E-state index in [1.165, 1.54) is 0 Å². The Bertz CT molecular complexity index is 121. The van der Waals surface area contributed by atoms with Crippen molar-refractivity contribution in [2.75, 3.05) is 26.9 Å². The maximum Gasteiger partial charge on any atom is 0.112 e. The number of rotatable bonds is 5. The third kappa shape index (κ3) is 3.18. The molecule has 0 saturated carbocycles. The molecule has 0 N–H and O–H groups in total. The summed E-state index contributed by atoms with van der Waals surface area (Å²) in [5.41, 5.74) is 0.00199. The molecule has 11 heavy (non-hydrogen) atoms. The van der Waals surface area contributed by atoms with Crippen LogP contribution in [0.25, 0.3) is 0 Å². The Morgan fingerprint density at radius 3 is 2.73 bits per heavy atom. The van der Waals surface area contributed by atoms with E-state index in [0.717, 1.165) is 6.61 Å². The first-order valence-corrected chi connectivity index (χ1v) is 3.91. The van der Waals surface area contributed by atoms with Crippen molar-refractivity contribution in [2.45, 2.75) is 25.6 Å². The summed E-state index contributed by atoms with van der Waals surface area (Å²) in [6.45, 7) is 6.20. The van der Waals surface area contributed by atoms with E-state index in [4.69, 9.17) is 14.2 Å². The molecule has 0 aromatic carbocycles. The van der Waals surface area contributed by atoms with E-state index in [-0.39, 0.29) is 11.7 Å². The van der Waals surface area contributed by atoms with Gasteiger partial charge in [-0.05, 0) is 13.8 Å². The van der Waals surface area contributed by atoms with E-state index in [2.05, 4.69) is 0 Å². The van der Waals surface area contributed by atoms with Crippen LogP contribution in [-0.4, -0.2) is 38.6 Å². The normalized spacial score (nSPS) is 31.9. The lowest BCUT2D eigenvalue weighted by Crippen LogP contribution is -2.22. The number of hydrogen-bond donors (Lipinski definition) is 0. The molecule has 0 bridgehead atoms. The lowest BCUT2D eigenvalue weighted by atomic mass is 10.2. The van der Waals surface area contributed by atoms with Crippen LogP contribution in [0.3, 0.4) is 0 Å². The van der Waals surface area contributed by atoms with Gasteiger partial charge in [0.15, 0.2) is 0 Å². The summed E-state index contributed by atoms with van der Waals surface area (Å²) in [5.74, 6) is 0. The van der Waals surface area contributed by atoms with Gasteiger partial charge < -0.3 is 14.2 Å². The zero-order valence-electron chi connectivity index (χ0n) is 7.42. The van der Waals surface area contributed by atoms with E-state index in [9.17, 15) is 0 Å². The predicted molar refractivity (Wildman–Crippen MR) is 41.6 cm³/mol. The largest absolute Gasteiger partial charge is 0.382 e. The van der Waals surface area contributed by atoms with E-state index >= 15 is 0 Å². The molecule has 1 aliphatic rings. The smallest absolute Gasteiger partial charge is 0.112 e. The van der Waals surface area contributed by atoms with Gasteiger partial charge in [0.1, 0.15) is 5.60 Å². The van der Waals surface area contributed by atoms with Crippen LogP contribution < -0.4 is 0 Å². The Morgan fingerprint density at radius 1 is 1.64 bits per heavy atom. The van der Waals surface area contributed by atoms with Crippen LogP contribution in [0.4, 0.5) is 0 Å². The lowest BCUT2D eigenvalue weighted by Gasteiger charge is -2.13. The number of ether oxygens (including phenoxy) is 3. The minimum atomic E-state index is 0.00199. The zero-order chi connectivity index (χ0) is 8.32. The van der Waals surface area contributed by atoms with E-state index in [1.54, 1.807) is 7.11 Å². The monoisotopic (exact) mass is 160 g/mol. The molecule has 0 spiro atoms. The maximum atomic E-state index is 5.46. The summed E-state index contributed by atoms with van der Waals surface area (Å²) in [6.07, 6.45) is 0.168. The Balaban J connectivity index is 2.01. The van der Waals surface area contributed by atoms with Crippen LogP contribution in [0.1, 0.15) is 13.8 Å². The molecule has 3 heteroatoms. The number of methoxy groups -OCH3 is 1. The van der Waals surface area contributed by atoms with E-state index in [1.807, 2.05) is 13.8 Å². The first kappa shape index (κ1) is 8.97. The average molecular weight is 160 g/mol. The topological polar surface area (TPSA) is 31.0 Å². The molecule has 1 heterocycles. The lowest BCUT2D eigenvalue weighted by molar-refractivity contribution is -0.0109. The van der Waals surface area contributed by atoms with Crippen LogP contribution >= 0.6 is 0 Å². The molecule has 1 aliphatic heterocycles. The van der Waals surface area contributed by atoms with E-state index < -0.39 is 0 Å². The van der Waals surface area contributed by atoms with Gasteiger partial charge in [-0.15, -0.1) is 0 Å². The molecule has 0 aromatic rings. The fourth-order valence-electron chi connectivity index (χ4n) is 0.808. The molecule has 1 fully saturated rings. The van der Waals surface area contributed by atoms with Crippen molar-refractivity contribution in [1.82, 2.24) is 0 Å². The summed E-state index contributed by atoms with van der Waals surface area (Å²) in [6, 6.07) is 0. The maximum absolute atomic E-state index is 5.46. The third-order valence-corrected chi connectivity index (χ3v) is 1.71. The zero-order valence-corrected chi connectivity index (χ0v) is 7.42. The van der Waals surface area contributed by atoms with Crippen molar-refractivity contribution in [2.24, 2.45) is 0 Å². The molecule has 0 radical (unpaired) electrons. The van der Waals surface area contributed by atoms with Crippen LogP contribution in [0.2, 0.25) is 0 Å². The fourth-order valence-corrected chi connectivity index (χ4v) is 0.808. The highest BCUT2D eigenvalue weighted by Crippen LogP contribution is 2.26. The van der Waals surface area contributed by atoms with Gasteiger partial charge >= 0.3 is 0 Å². The molecule has 0 amide bonds. The van der Waals surface area contributed by atoms with Gasteiger partial charge in [-0.25, -0.2) is 0 Å². The fraction of sp³-hybridized carbons (Fsp3) is 1.00. The molecule has 2 unspecified atom stereocenters. The highest BCUT2D eigenvalue weighted by Gasteiger charge is 2.39. The molecule has 1 rings (SSSR count). The Hall–Kier alpha value is -0.120. The third-order valence-electron chi connectivity index (χ3n) is 1.71. The van der Waals surface area contributed by atoms with Gasteiger partial charge in [0, 0.05) is 7.11 Å². The van der Waals surface area contributed by atoms with Crippen molar-refractivity contribution in [3.05, 3.63) is 0 Å². The first-order chi connectivity index (χ1) is 5.16. The second-order valence-electron chi connectivity index (χ2n) is 3.32. The summed E-state index contributed by atoms with van der Waals surface area (Å²) >= 11 is 0. The van der Waals surface area contributed by atoms with Gasteiger partial charge in [0.25, 0.3) is 0 Å². The first-order valence-electron chi connectivity index (χ1n) is 3.91. The van der Waals surface area contributed by atoms with Gasteiger partial charge in [0.05, 0.1) is 25.9 Å². The Kier molecular flexibility index (Phi) is 2.87. The molecule has 2 atom stereocenters. The van der Waals surface area contributed by atoms with Gasteiger partial charge in [-0.1, -0.05) is 0 Å².